The second-order valence-corrected chi connectivity index (χ2v) is 10.9. The van der Waals surface area contributed by atoms with Gasteiger partial charge in [0.25, 0.3) is 10.0 Å². The number of ether oxygens (including phenoxy) is 1. The quantitative estimate of drug-likeness (QED) is 0.337. The Bertz CT molecular complexity index is 1330. The van der Waals surface area contributed by atoms with Crippen LogP contribution >= 0.6 is 0 Å². The van der Waals surface area contributed by atoms with E-state index in [4.69, 9.17) is 4.74 Å². The number of likely N-dealkylation sites (N-methyl/N-ethyl adjacent to an activating group) is 1. The van der Waals surface area contributed by atoms with Gasteiger partial charge in [-0.05, 0) is 69.2 Å². The number of hydrogen-bond donors (Lipinski definition) is 1. The van der Waals surface area contributed by atoms with Crippen LogP contribution in [0.1, 0.15) is 38.3 Å². The zero-order valence-corrected chi connectivity index (χ0v) is 23.8. The molecule has 0 aliphatic carbocycles. The van der Waals surface area contributed by atoms with Crippen molar-refractivity contribution in [1.29, 1.82) is 0 Å². The average Bonchev–Trinajstić information content (AvgIpc) is 2.93. The highest BCUT2D eigenvalue weighted by Gasteiger charge is 2.33. The molecule has 0 aromatic heterocycles. The lowest BCUT2D eigenvalue weighted by Crippen LogP contribution is -2.52. The number of aryl methyl sites for hydroxylation is 1. The molecule has 9 heteroatoms. The fourth-order valence-electron chi connectivity index (χ4n) is 4.23. The van der Waals surface area contributed by atoms with Crippen LogP contribution in [0.3, 0.4) is 0 Å². The van der Waals surface area contributed by atoms with Crippen molar-refractivity contribution >= 4 is 27.5 Å². The summed E-state index contributed by atoms with van der Waals surface area (Å²) in [5.41, 5.74) is 2.07. The molecule has 8 nitrogen and oxygen atoms in total. The normalized spacial score (nSPS) is 11.9. The van der Waals surface area contributed by atoms with Gasteiger partial charge in [0.2, 0.25) is 11.8 Å². The van der Waals surface area contributed by atoms with Crippen molar-refractivity contribution in [3.8, 4) is 5.75 Å². The van der Waals surface area contributed by atoms with Crippen molar-refractivity contribution in [3.05, 3.63) is 90.0 Å². The van der Waals surface area contributed by atoms with Crippen molar-refractivity contribution in [1.82, 2.24) is 10.2 Å². The van der Waals surface area contributed by atoms with E-state index in [1.807, 2.05) is 58.0 Å². The van der Waals surface area contributed by atoms with Crippen molar-refractivity contribution in [3.63, 3.8) is 0 Å². The van der Waals surface area contributed by atoms with Gasteiger partial charge >= 0.3 is 0 Å². The highest BCUT2D eigenvalue weighted by atomic mass is 32.2. The van der Waals surface area contributed by atoms with E-state index in [1.54, 1.807) is 36.4 Å². The summed E-state index contributed by atoms with van der Waals surface area (Å²) in [5.74, 6) is -0.173. The number of carbonyl (C=O) groups excluding carboxylic acids is 2. The molecular weight excluding hydrogens is 514 g/mol. The molecule has 0 saturated carbocycles. The second-order valence-electron chi connectivity index (χ2n) is 9.08. The predicted octanol–water partition coefficient (Wildman–Crippen LogP) is 4.53. The smallest absolute Gasteiger partial charge is 0.264 e. The van der Waals surface area contributed by atoms with Crippen LogP contribution in [0.25, 0.3) is 0 Å². The van der Waals surface area contributed by atoms with E-state index in [-0.39, 0.29) is 17.3 Å². The van der Waals surface area contributed by atoms with Crippen LogP contribution in [0.4, 0.5) is 5.69 Å². The second kappa shape index (κ2) is 13.8. The fraction of sp³-hybridized carbons (Fsp3) is 0.333. The Morgan fingerprint density at radius 3 is 2.10 bits per heavy atom. The molecule has 0 spiro atoms. The molecule has 0 heterocycles. The minimum Gasteiger partial charge on any atom is -0.494 e. The lowest BCUT2D eigenvalue weighted by Gasteiger charge is -2.33. The van der Waals surface area contributed by atoms with Crippen molar-refractivity contribution in [2.45, 2.75) is 51.6 Å². The summed E-state index contributed by atoms with van der Waals surface area (Å²) in [4.78, 5) is 28.5. The molecule has 0 aliphatic rings. The first-order valence-electron chi connectivity index (χ1n) is 13.1. The van der Waals surface area contributed by atoms with Gasteiger partial charge in [-0.25, -0.2) is 8.42 Å². The van der Waals surface area contributed by atoms with Gasteiger partial charge in [0, 0.05) is 13.1 Å². The van der Waals surface area contributed by atoms with Crippen LogP contribution in [-0.4, -0.2) is 50.9 Å². The molecule has 0 saturated heterocycles. The number of nitrogens with zero attached hydrogens (tertiary/aromatic N) is 2. The largest absolute Gasteiger partial charge is 0.494 e. The highest BCUT2D eigenvalue weighted by Crippen LogP contribution is 2.27. The zero-order valence-electron chi connectivity index (χ0n) is 23.0. The first kappa shape index (κ1) is 29.7. The lowest BCUT2D eigenvalue weighted by atomic mass is 10.1. The Morgan fingerprint density at radius 2 is 1.54 bits per heavy atom. The summed E-state index contributed by atoms with van der Waals surface area (Å²) in [7, 11) is -4.12. The maximum atomic E-state index is 14.0. The van der Waals surface area contributed by atoms with Crippen LogP contribution in [0, 0.1) is 6.92 Å². The number of carbonyl (C=O) groups is 2. The molecule has 1 unspecified atom stereocenters. The van der Waals surface area contributed by atoms with E-state index in [0.29, 0.717) is 31.0 Å². The van der Waals surface area contributed by atoms with Crippen LogP contribution < -0.4 is 14.4 Å². The topological polar surface area (TPSA) is 96.0 Å². The van der Waals surface area contributed by atoms with E-state index >= 15 is 0 Å². The Kier molecular flexibility index (Phi) is 10.5. The van der Waals surface area contributed by atoms with E-state index in [0.717, 1.165) is 15.4 Å². The Labute approximate surface area is 231 Å². The van der Waals surface area contributed by atoms with Gasteiger partial charge in [-0.3, -0.25) is 13.9 Å². The number of nitrogens with one attached hydrogen (secondary N) is 1. The first-order chi connectivity index (χ1) is 18.7. The van der Waals surface area contributed by atoms with E-state index < -0.39 is 28.5 Å². The van der Waals surface area contributed by atoms with Gasteiger partial charge in [-0.2, -0.15) is 0 Å². The summed E-state index contributed by atoms with van der Waals surface area (Å²) >= 11 is 0. The highest BCUT2D eigenvalue weighted by molar-refractivity contribution is 7.92. The van der Waals surface area contributed by atoms with E-state index in [9.17, 15) is 18.0 Å². The zero-order chi connectivity index (χ0) is 28.4. The van der Waals surface area contributed by atoms with Crippen LogP contribution in [-0.2, 0) is 26.2 Å². The van der Waals surface area contributed by atoms with Crippen molar-refractivity contribution in [2.24, 2.45) is 0 Å². The SMILES string of the molecule is CCNC(=O)C(CC)N(Cc1ccccc1)C(=O)CN(c1ccc(OCC)cc1)S(=O)(=O)c1ccc(C)cc1. The number of sulfonamides is 1. The molecular formula is C30H37N3O5S. The maximum Gasteiger partial charge on any atom is 0.264 e. The summed E-state index contributed by atoms with van der Waals surface area (Å²) < 4.78 is 34.4. The average molecular weight is 552 g/mol. The number of amides is 2. The first-order valence-corrected chi connectivity index (χ1v) is 14.6. The van der Waals surface area contributed by atoms with Gasteiger partial charge < -0.3 is 15.0 Å². The molecule has 0 bridgehead atoms. The van der Waals surface area contributed by atoms with Gasteiger partial charge in [0.1, 0.15) is 18.3 Å². The molecule has 3 rings (SSSR count). The monoisotopic (exact) mass is 551 g/mol. The molecule has 1 N–H and O–H groups in total. The molecule has 208 valence electrons. The summed E-state index contributed by atoms with van der Waals surface area (Å²) in [6.07, 6.45) is 0.373. The van der Waals surface area contributed by atoms with Crippen LogP contribution in [0.15, 0.2) is 83.8 Å². The van der Waals surface area contributed by atoms with Crippen molar-refractivity contribution in [2.75, 3.05) is 24.0 Å². The maximum absolute atomic E-state index is 14.0. The molecule has 3 aromatic rings. The minimum atomic E-state index is -4.12. The lowest BCUT2D eigenvalue weighted by molar-refractivity contribution is -0.140. The standard InChI is InChI=1S/C30H37N3O5S/c1-5-28(30(35)31-6-2)32(21-24-11-9-8-10-12-24)29(34)22-33(25-15-17-26(18-16-25)38-7-3)39(36,37)27-19-13-23(4)14-20-27/h8-20,28H,5-7,21-22H2,1-4H3,(H,31,35). The Balaban J connectivity index is 2.04. The summed E-state index contributed by atoms with van der Waals surface area (Å²) in [5, 5.41) is 2.80. The Morgan fingerprint density at radius 1 is 0.897 bits per heavy atom. The van der Waals surface area contributed by atoms with Gasteiger partial charge in [0.15, 0.2) is 0 Å². The molecule has 0 fully saturated rings. The molecule has 3 aromatic carbocycles. The fourth-order valence-corrected chi connectivity index (χ4v) is 5.65. The third-order valence-electron chi connectivity index (χ3n) is 6.26. The Hall–Kier alpha value is -3.85. The molecule has 0 radical (unpaired) electrons. The minimum absolute atomic E-state index is 0.0696. The molecule has 0 aliphatic heterocycles. The van der Waals surface area contributed by atoms with Crippen LogP contribution in [0.2, 0.25) is 0 Å². The number of rotatable bonds is 13. The van der Waals surface area contributed by atoms with E-state index in [1.165, 1.54) is 17.0 Å². The number of hydrogen-bond acceptors (Lipinski definition) is 5. The van der Waals surface area contributed by atoms with Gasteiger partial charge in [-0.15, -0.1) is 0 Å². The van der Waals surface area contributed by atoms with Crippen LogP contribution in [0.5, 0.6) is 5.75 Å². The third kappa shape index (κ3) is 7.60. The number of anilines is 1. The third-order valence-corrected chi connectivity index (χ3v) is 8.04. The number of benzene rings is 3. The molecule has 39 heavy (non-hydrogen) atoms. The summed E-state index contributed by atoms with van der Waals surface area (Å²) in [6, 6.07) is 21.7. The molecule has 1 atom stereocenters. The van der Waals surface area contributed by atoms with Crippen molar-refractivity contribution < 1.29 is 22.7 Å². The van der Waals surface area contributed by atoms with Gasteiger partial charge in [-0.1, -0.05) is 55.0 Å². The summed E-state index contributed by atoms with van der Waals surface area (Å²) in [6.45, 7) is 7.95. The molecule has 2 amide bonds. The van der Waals surface area contributed by atoms with Gasteiger partial charge in [0.05, 0.1) is 17.2 Å². The van der Waals surface area contributed by atoms with E-state index in [2.05, 4.69) is 5.32 Å². The predicted molar refractivity (Wildman–Crippen MR) is 153 cm³/mol.